The van der Waals surface area contributed by atoms with E-state index < -0.39 is 5.97 Å². The number of rotatable bonds is 7. The monoisotopic (exact) mass is 297 g/mol. The summed E-state index contributed by atoms with van der Waals surface area (Å²) >= 11 is 0. The van der Waals surface area contributed by atoms with E-state index in [0.29, 0.717) is 18.2 Å². The average Bonchev–Trinajstić information content (AvgIpc) is 2.80. The Kier molecular flexibility index (Phi) is 5.69. The van der Waals surface area contributed by atoms with Gasteiger partial charge in [-0.1, -0.05) is 32.9 Å². The number of nitrogens with one attached hydrogen (secondary N) is 2. The Bertz CT molecular complexity index is 496. The van der Waals surface area contributed by atoms with Crippen molar-refractivity contribution in [2.45, 2.75) is 40.8 Å². The van der Waals surface area contributed by atoms with Crippen LogP contribution in [0.15, 0.2) is 6.20 Å². The molecule has 1 aromatic rings. The Morgan fingerprint density at radius 2 is 2.05 bits per heavy atom. The molecule has 0 fully saturated rings. The van der Waals surface area contributed by atoms with Crippen molar-refractivity contribution in [2.75, 3.05) is 6.54 Å². The predicted octanol–water partition coefficient (Wildman–Crippen LogP) is 0.844. The summed E-state index contributed by atoms with van der Waals surface area (Å²) in [5.41, 5.74) is 0.525. The van der Waals surface area contributed by atoms with Gasteiger partial charge in [-0.05, 0) is 11.3 Å². The van der Waals surface area contributed by atoms with E-state index in [4.69, 9.17) is 5.11 Å². The van der Waals surface area contributed by atoms with E-state index >= 15 is 0 Å². The molecule has 0 spiro atoms. The van der Waals surface area contributed by atoms with Crippen molar-refractivity contribution in [3.8, 4) is 0 Å². The number of nitrogens with zero attached hydrogens (tertiary/aromatic N) is 3. The van der Waals surface area contributed by atoms with E-state index in [1.54, 1.807) is 0 Å². The molecule has 2 amide bonds. The zero-order valence-electron chi connectivity index (χ0n) is 12.9. The highest BCUT2D eigenvalue weighted by molar-refractivity contribution is 5.73. The van der Waals surface area contributed by atoms with Gasteiger partial charge in [-0.3, -0.25) is 4.79 Å². The second kappa shape index (κ2) is 7.05. The number of carbonyl (C=O) groups excluding carboxylic acids is 1. The van der Waals surface area contributed by atoms with Gasteiger partial charge in [-0.15, -0.1) is 5.10 Å². The number of amides is 2. The molecular weight excluding hydrogens is 274 g/mol. The first-order valence-electron chi connectivity index (χ1n) is 6.83. The molecule has 1 heterocycles. The SMILES string of the molecule is CC(C)C(C)(C)CNC(=O)NCc1cn(CC(=O)O)nn1. The van der Waals surface area contributed by atoms with Gasteiger partial charge in [0.2, 0.25) is 0 Å². The number of hydrogen-bond acceptors (Lipinski definition) is 4. The quantitative estimate of drug-likeness (QED) is 0.691. The lowest BCUT2D eigenvalue weighted by Gasteiger charge is -2.29. The van der Waals surface area contributed by atoms with Crippen LogP contribution in [0.4, 0.5) is 4.79 Å². The van der Waals surface area contributed by atoms with E-state index in [1.807, 2.05) is 0 Å². The van der Waals surface area contributed by atoms with Crippen molar-refractivity contribution in [1.29, 1.82) is 0 Å². The summed E-state index contributed by atoms with van der Waals surface area (Å²) in [6.45, 7) is 8.93. The van der Waals surface area contributed by atoms with E-state index in [-0.39, 0.29) is 24.5 Å². The molecule has 21 heavy (non-hydrogen) atoms. The molecule has 1 aromatic heterocycles. The first kappa shape index (κ1) is 16.9. The summed E-state index contributed by atoms with van der Waals surface area (Å²) in [5, 5.41) is 21.5. The van der Waals surface area contributed by atoms with Crippen LogP contribution in [0.25, 0.3) is 0 Å². The zero-order chi connectivity index (χ0) is 16.0. The van der Waals surface area contributed by atoms with Gasteiger partial charge in [0.1, 0.15) is 12.2 Å². The Balaban J connectivity index is 2.36. The maximum atomic E-state index is 11.7. The third-order valence-corrected chi connectivity index (χ3v) is 3.58. The van der Waals surface area contributed by atoms with Crippen LogP contribution in [0.3, 0.4) is 0 Å². The number of hydrogen-bond donors (Lipinski definition) is 3. The molecule has 0 aliphatic rings. The predicted molar refractivity (Wildman–Crippen MR) is 76.5 cm³/mol. The van der Waals surface area contributed by atoms with Crippen LogP contribution in [0, 0.1) is 11.3 Å². The van der Waals surface area contributed by atoms with Crippen molar-refractivity contribution >= 4 is 12.0 Å². The Morgan fingerprint density at radius 1 is 1.38 bits per heavy atom. The topological polar surface area (TPSA) is 109 Å². The summed E-state index contributed by atoms with van der Waals surface area (Å²) in [4.78, 5) is 22.2. The maximum Gasteiger partial charge on any atom is 0.325 e. The Labute approximate surface area is 123 Å². The van der Waals surface area contributed by atoms with Gasteiger partial charge in [0.05, 0.1) is 12.7 Å². The highest BCUT2D eigenvalue weighted by Crippen LogP contribution is 2.24. The Morgan fingerprint density at radius 3 is 2.62 bits per heavy atom. The minimum Gasteiger partial charge on any atom is -0.480 e. The summed E-state index contributed by atoms with van der Waals surface area (Å²) in [7, 11) is 0. The maximum absolute atomic E-state index is 11.7. The van der Waals surface area contributed by atoms with Gasteiger partial charge >= 0.3 is 12.0 Å². The van der Waals surface area contributed by atoms with Crippen LogP contribution >= 0.6 is 0 Å². The molecule has 3 N–H and O–H groups in total. The first-order chi connectivity index (χ1) is 9.70. The van der Waals surface area contributed by atoms with Gasteiger partial charge in [-0.2, -0.15) is 0 Å². The lowest BCUT2D eigenvalue weighted by Crippen LogP contribution is -2.42. The normalized spacial score (nSPS) is 11.5. The van der Waals surface area contributed by atoms with Crippen molar-refractivity contribution < 1.29 is 14.7 Å². The van der Waals surface area contributed by atoms with Crippen molar-refractivity contribution in [2.24, 2.45) is 11.3 Å². The highest BCUT2D eigenvalue weighted by Gasteiger charge is 2.22. The summed E-state index contributed by atoms with van der Waals surface area (Å²) < 4.78 is 1.21. The number of carboxylic acid groups (broad SMARTS) is 1. The molecule has 0 saturated carbocycles. The van der Waals surface area contributed by atoms with Crippen LogP contribution < -0.4 is 10.6 Å². The Hall–Kier alpha value is -2.12. The van der Waals surface area contributed by atoms with Crippen LogP contribution in [-0.4, -0.2) is 38.6 Å². The van der Waals surface area contributed by atoms with Gasteiger partial charge in [0.25, 0.3) is 0 Å². The fraction of sp³-hybridized carbons (Fsp3) is 0.692. The molecule has 0 radical (unpaired) electrons. The second-order valence-electron chi connectivity index (χ2n) is 5.98. The number of urea groups is 1. The van der Waals surface area contributed by atoms with E-state index in [2.05, 4.69) is 48.6 Å². The highest BCUT2D eigenvalue weighted by atomic mass is 16.4. The van der Waals surface area contributed by atoms with E-state index in [9.17, 15) is 9.59 Å². The molecule has 8 nitrogen and oxygen atoms in total. The molecule has 118 valence electrons. The fourth-order valence-corrected chi connectivity index (χ4v) is 1.38. The molecule has 1 rings (SSSR count). The number of carboxylic acids is 1. The second-order valence-corrected chi connectivity index (χ2v) is 5.98. The van der Waals surface area contributed by atoms with Crippen LogP contribution in [0.5, 0.6) is 0 Å². The lowest BCUT2D eigenvalue weighted by molar-refractivity contribution is -0.137. The third kappa shape index (κ3) is 5.80. The summed E-state index contributed by atoms with van der Waals surface area (Å²) in [6.07, 6.45) is 1.49. The number of aliphatic carboxylic acids is 1. The molecule has 0 aromatic carbocycles. The van der Waals surface area contributed by atoms with Gasteiger partial charge in [0, 0.05) is 6.54 Å². The molecule has 0 atom stereocenters. The molecule has 0 bridgehead atoms. The van der Waals surface area contributed by atoms with E-state index in [0.717, 1.165) is 0 Å². The zero-order valence-corrected chi connectivity index (χ0v) is 12.9. The van der Waals surface area contributed by atoms with Gasteiger partial charge in [-0.25, -0.2) is 9.48 Å². The van der Waals surface area contributed by atoms with Crippen molar-refractivity contribution in [1.82, 2.24) is 25.6 Å². The largest absolute Gasteiger partial charge is 0.480 e. The fourth-order valence-electron chi connectivity index (χ4n) is 1.38. The minimum absolute atomic E-state index is 0.0158. The van der Waals surface area contributed by atoms with Gasteiger partial charge < -0.3 is 15.7 Å². The van der Waals surface area contributed by atoms with Crippen molar-refractivity contribution in [3.63, 3.8) is 0 Å². The van der Waals surface area contributed by atoms with Crippen molar-refractivity contribution in [3.05, 3.63) is 11.9 Å². The summed E-state index contributed by atoms with van der Waals surface area (Å²) in [6, 6.07) is -0.281. The molecule has 0 saturated heterocycles. The van der Waals surface area contributed by atoms with Gasteiger partial charge in [0.15, 0.2) is 0 Å². The standard InChI is InChI=1S/C13H23N5O3/c1-9(2)13(3,4)8-15-12(21)14-5-10-6-18(17-16-10)7-11(19)20/h6,9H,5,7-8H2,1-4H3,(H,19,20)(H2,14,15,21). The molecule has 0 unspecified atom stereocenters. The molecular formula is C13H23N5O3. The molecule has 0 aliphatic heterocycles. The number of carbonyl (C=O) groups is 2. The van der Waals surface area contributed by atoms with Crippen LogP contribution in [-0.2, 0) is 17.9 Å². The smallest absolute Gasteiger partial charge is 0.325 e. The lowest BCUT2D eigenvalue weighted by atomic mass is 9.81. The first-order valence-corrected chi connectivity index (χ1v) is 6.83. The minimum atomic E-state index is -0.993. The van der Waals surface area contributed by atoms with E-state index in [1.165, 1.54) is 10.9 Å². The number of aromatic nitrogens is 3. The van der Waals surface area contributed by atoms with Crippen LogP contribution in [0.2, 0.25) is 0 Å². The van der Waals surface area contributed by atoms with Crippen LogP contribution in [0.1, 0.15) is 33.4 Å². The third-order valence-electron chi connectivity index (χ3n) is 3.58. The molecule has 8 heteroatoms. The molecule has 0 aliphatic carbocycles. The summed E-state index contributed by atoms with van der Waals surface area (Å²) in [5.74, 6) is -0.540. The average molecular weight is 297 g/mol.